The highest BCUT2D eigenvalue weighted by molar-refractivity contribution is 4.83. The van der Waals surface area contributed by atoms with Crippen molar-refractivity contribution in [1.82, 2.24) is 0 Å². The summed E-state index contributed by atoms with van der Waals surface area (Å²) in [6.07, 6.45) is 4.72. The lowest BCUT2D eigenvalue weighted by Crippen LogP contribution is -2.43. The second kappa shape index (κ2) is 6.38. The Morgan fingerprint density at radius 1 is 1.29 bits per heavy atom. The van der Waals surface area contributed by atoms with Gasteiger partial charge in [0, 0.05) is 13.7 Å². The molecule has 0 aromatic heterocycles. The number of ether oxygens (including phenoxy) is 2. The maximum absolute atomic E-state index is 9.88. The molecule has 14 heavy (non-hydrogen) atoms. The van der Waals surface area contributed by atoms with Crippen LogP contribution in [0.1, 0.15) is 39.0 Å². The molecule has 3 atom stereocenters. The number of hydrogen-bond acceptors (Lipinski definition) is 3. The van der Waals surface area contributed by atoms with E-state index in [0.717, 1.165) is 38.7 Å². The lowest BCUT2D eigenvalue weighted by atomic mass is 9.92. The monoisotopic (exact) mass is 202 g/mol. The average Bonchev–Trinajstić information content (AvgIpc) is 2.21. The van der Waals surface area contributed by atoms with Gasteiger partial charge in [-0.05, 0) is 25.7 Å². The van der Waals surface area contributed by atoms with E-state index in [9.17, 15) is 5.11 Å². The van der Waals surface area contributed by atoms with E-state index in [0.29, 0.717) is 0 Å². The summed E-state index contributed by atoms with van der Waals surface area (Å²) in [7, 11) is 1.66. The van der Waals surface area contributed by atoms with Crippen LogP contribution in [0.3, 0.4) is 0 Å². The van der Waals surface area contributed by atoms with Crippen molar-refractivity contribution in [2.75, 3.05) is 13.7 Å². The number of hydrogen-bond donors (Lipinski definition) is 1. The standard InChI is InChI=1S/C11H22O3/c1-3-4-8-14-10-7-5-6-9(13-2)11(10)12/h9-12H,3-8H2,1-2H3/t9-,10-,11?/m1/s1. The summed E-state index contributed by atoms with van der Waals surface area (Å²) in [5.74, 6) is 0. The quantitative estimate of drug-likeness (QED) is 0.690. The van der Waals surface area contributed by atoms with Gasteiger partial charge in [0.05, 0.1) is 12.2 Å². The zero-order valence-corrected chi connectivity index (χ0v) is 9.24. The molecule has 1 rings (SSSR count). The smallest absolute Gasteiger partial charge is 0.106 e. The second-order valence-corrected chi connectivity index (χ2v) is 3.96. The Morgan fingerprint density at radius 3 is 2.64 bits per heavy atom. The third kappa shape index (κ3) is 3.23. The first-order valence-electron chi connectivity index (χ1n) is 5.62. The molecule has 0 amide bonds. The van der Waals surface area contributed by atoms with Crippen molar-refractivity contribution < 1.29 is 14.6 Å². The molecule has 84 valence electrons. The van der Waals surface area contributed by atoms with Crippen molar-refractivity contribution in [1.29, 1.82) is 0 Å². The van der Waals surface area contributed by atoms with Gasteiger partial charge in [-0.1, -0.05) is 13.3 Å². The summed E-state index contributed by atoms with van der Waals surface area (Å²) in [6, 6.07) is 0. The summed E-state index contributed by atoms with van der Waals surface area (Å²) in [5, 5.41) is 9.88. The van der Waals surface area contributed by atoms with Gasteiger partial charge in [0.2, 0.25) is 0 Å². The van der Waals surface area contributed by atoms with E-state index in [2.05, 4.69) is 6.92 Å². The molecule has 0 aromatic carbocycles. The van der Waals surface area contributed by atoms with Crippen LogP contribution >= 0.6 is 0 Å². The molecule has 1 aliphatic carbocycles. The molecule has 0 aliphatic heterocycles. The lowest BCUT2D eigenvalue weighted by Gasteiger charge is -2.33. The zero-order chi connectivity index (χ0) is 10.4. The fourth-order valence-corrected chi connectivity index (χ4v) is 1.92. The van der Waals surface area contributed by atoms with E-state index in [1.54, 1.807) is 7.11 Å². The summed E-state index contributed by atoms with van der Waals surface area (Å²) >= 11 is 0. The van der Waals surface area contributed by atoms with Crippen LogP contribution in [0, 0.1) is 0 Å². The molecule has 1 saturated carbocycles. The van der Waals surface area contributed by atoms with Gasteiger partial charge < -0.3 is 14.6 Å². The Kier molecular flexibility index (Phi) is 5.45. The SMILES string of the molecule is CCCCO[C@@H]1CCC[C@@H](OC)C1O. The van der Waals surface area contributed by atoms with Gasteiger partial charge in [-0.15, -0.1) is 0 Å². The molecule has 0 radical (unpaired) electrons. The van der Waals surface area contributed by atoms with Gasteiger partial charge >= 0.3 is 0 Å². The molecule has 0 bridgehead atoms. The normalized spacial score (nSPS) is 33.2. The Labute approximate surface area is 86.4 Å². The van der Waals surface area contributed by atoms with Gasteiger partial charge in [-0.3, -0.25) is 0 Å². The Balaban J connectivity index is 2.28. The number of aliphatic hydroxyl groups is 1. The maximum Gasteiger partial charge on any atom is 0.106 e. The minimum Gasteiger partial charge on any atom is -0.388 e. The number of rotatable bonds is 5. The molecule has 1 fully saturated rings. The Hall–Kier alpha value is -0.120. The first kappa shape index (κ1) is 12.0. The first-order chi connectivity index (χ1) is 6.79. The molecule has 3 nitrogen and oxygen atoms in total. The first-order valence-corrected chi connectivity index (χ1v) is 5.62. The van der Waals surface area contributed by atoms with Gasteiger partial charge in [0.25, 0.3) is 0 Å². The molecule has 0 spiro atoms. The van der Waals surface area contributed by atoms with E-state index in [4.69, 9.17) is 9.47 Å². The summed E-state index contributed by atoms with van der Waals surface area (Å²) < 4.78 is 10.8. The van der Waals surface area contributed by atoms with Crippen molar-refractivity contribution in [2.45, 2.75) is 57.3 Å². The number of aliphatic hydroxyl groups excluding tert-OH is 1. The predicted octanol–water partition coefficient (Wildman–Crippen LogP) is 1.73. The fraction of sp³-hybridized carbons (Fsp3) is 1.00. The lowest BCUT2D eigenvalue weighted by molar-refractivity contribution is -0.124. The van der Waals surface area contributed by atoms with Crippen LogP contribution in [0.2, 0.25) is 0 Å². The molecule has 0 aromatic rings. The van der Waals surface area contributed by atoms with Gasteiger partial charge in [-0.25, -0.2) is 0 Å². The van der Waals surface area contributed by atoms with Crippen LogP contribution in [0.15, 0.2) is 0 Å². The van der Waals surface area contributed by atoms with Crippen LogP contribution in [0.25, 0.3) is 0 Å². The largest absolute Gasteiger partial charge is 0.388 e. The third-order valence-corrected chi connectivity index (χ3v) is 2.87. The fourth-order valence-electron chi connectivity index (χ4n) is 1.92. The Bertz CT molecular complexity index is 149. The minimum atomic E-state index is -0.439. The van der Waals surface area contributed by atoms with Crippen LogP contribution in [-0.4, -0.2) is 37.1 Å². The van der Waals surface area contributed by atoms with Crippen LogP contribution in [0.4, 0.5) is 0 Å². The molecule has 3 heteroatoms. The molecular weight excluding hydrogens is 180 g/mol. The van der Waals surface area contributed by atoms with Crippen molar-refractivity contribution >= 4 is 0 Å². The summed E-state index contributed by atoms with van der Waals surface area (Å²) in [5.41, 5.74) is 0. The molecule has 0 saturated heterocycles. The Morgan fingerprint density at radius 2 is 2.00 bits per heavy atom. The number of methoxy groups -OCH3 is 1. The highest BCUT2D eigenvalue weighted by atomic mass is 16.5. The predicted molar refractivity (Wildman–Crippen MR) is 55.3 cm³/mol. The molecule has 1 N–H and O–H groups in total. The van der Waals surface area contributed by atoms with Gasteiger partial charge in [-0.2, -0.15) is 0 Å². The van der Waals surface area contributed by atoms with E-state index in [-0.39, 0.29) is 12.2 Å². The van der Waals surface area contributed by atoms with Crippen LogP contribution in [0.5, 0.6) is 0 Å². The van der Waals surface area contributed by atoms with Crippen LogP contribution in [-0.2, 0) is 9.47 Å². The van der Waals surface area contributed by atoms with E-state index in [1.807, 2.05) is 0 Å². The topological polar surface area (TPSA) is 38.7 Å². The molecular formula is C11H22O3. The summed E-state index contributed by atoms with van der Waals surface area (Å²) in [6.45, 7) is 2.90. The van der Waals surface area contributed by atoms with E-state index < -0.39 is 6.10 Å². The second-order valence-electron chi connectivity index (χ2n) is 3.96. The average molecular weight is 202 g/mol. The molecule has 1 aliphatic rings. The van der Waals surface area contributed by atoms with E-state index >= 15 is 0 Å². The maximum atomic E-state index is 9.88. The van der Waals surface area contributed by atoms with Crippen LogP contribution < -0.4 is 0 Å². The van der Waals surface area contributed by atoms with Crippen molar-refractivity contribution in [2.24, 2.45) is 0 Å². The third-order valence-electron chi connectivity index (χ3n) is 2.87. The molecule has 1 unspecified atom stereocenters. The minimum absolute atomic E-state index is 0.0137. The van der Waals surface area contributed by atoms with Crippen molar-refractivity contribution in [3.63, 3.8) is 0 Å². The molecule has 0 heterocycles. The van der Waals surface area contributed by atoms with Gasteiger partial charge in [0.15, 0.2) is 0 Å². The highest BCUT2D eigenvalue weighted by Crippen LogP contribution is 2.23. The highest BCUT2D eigenvalue weighted by Gasteiger charge is 2.32. The number of unbranched alkanes of at least 4 members (excludes halogenated alkanes) is 1. The van der Waals surface area contributed by atoms with Gasteiger partial charge in [0.1, 0.15) is 6.10 Å². The van der Waals surface area contributed by atoms with Crippen molar-refractivity contribution in [3.05, 3.63) is 0 Å². The van der Waals surface area contributed by atoms with E-state index in [1.165, 1.54) is 0 Å². The summed E-state index contributed by atoms with van der Waals surface area (Å²) in [4.78, 5) is 0. The zero-order valence-electron chi connectivity index (χ0n) is 9.24. The van der Waals surface area contributed by atoms with Crippen molar-refractivity contribution in [3.8, 4) is 0 Å².